The largest absolute Gasteiger partial charge is 0.324 e. The van der Waals surface area contributed by atoms with Gasteiger partial charge in [0.2, 0.25) is 0 Å². The number of hydrogen-bond donors (Lipinski definition) is 1. The van der Waals surface area contributed by atoms with Gasteiger partial charge in [0.15, 0.2) is 0 Å². The summed E-state index contributed by atoms with van der Waals surface area (Å²) in [6, 6.07) is 8.78. The van der Waals surface area contributed by atoms with Gasteiger partial charge in [0, 0.05) is 6.04 Å². The van der Waals surface area contributed by atoms with E-state index in [-0.39, 0.29) is 6.04 Å². The van der Waals surface area contributed by atoms with E-state index < -0.39 is 0 Å². The molecule has 1 aromatic carbocycles. The van der Waals surface area contributed by atoms with Crippen molar-refractivity contribution >= 4 is 5.57 Å². The van der Waals surface area contributed by atoms with Crippen LogP contribution in [0.15, 0.2) is 30.3 Å². The van der Waals surface area contributed by atoms with Crippen molar-refractivity contribution in [2.75, 3.05) is 0 Å². The van der Waals surface area contributed by atoms with Crippen molar-refractivity contribution in [1.82, 2.24) is 0 Å². The Morgan fingerprint density at radius 1 is 1.25 bits per heavy atom. The number of allylic oxidation sites excluding steroid dienone is 1. The SMILES string of the molecule is Cc1ccccc1C1=CC(N)CC(C)(C)C1. The van der Waals surface area contributed by atoms with Gasteiger partial charge < -0.3 is 5.73 Å². The first-order valence-electron chi connectivity index (χ1n) is 6.00. The lowest BCUT2D eigenvalue weighted by Gasteiger charge is -2.33. The van der Waals surface area contributed by atoms with Crippen LogP contribution in [0, 0.1) is 12.3 Å². The summed E-state index contributed by atoms with van der Waals surface area (Å²) in [5.74, 6) is 0. The number of rotatable bonds is 1. The molecule has 0 saturated heterocycles. The van der Waals surface area contributed by atoms with Crippen molar-refractivity contribution in [2.24, 2.45) is 11.1 Å². The van der Waals surface area contributed by atoms with E-state index in [4.69, 9.17) is 5.73 Å². The minimum absolute atomic E-state index is 0.207. The molecule has 0 amide bonds. The molecule has 16 heavy (non-hydrogen) atoms. The normalized spacial score (nSPS) is 24.0. The zero-order chi connectivity index (χ0) is 11.8. The van der Waals surface area contributed by atoms with Gasteiger partial charge >= 0.3 is 0 Å². The summed E-state index contributed by atoms with van der Waals surface area (Å²) < 4.78 is 0. The average Bonchev–Trinajstić information content (AvgIpc) is 2.15. The van der Waals surface area contributed by atoms with Crippen LogP contribution in [0.1, 0.15) is 37.8 Å². The summed E-state index contributed by atoms with van der Waals surface area (Å²) in [5, 5.41) is 0. The molecule has 1 unspecified atom stereocenters. The third kappa shape index (κ3) is 2.35. The third-order valence-corrected chi connectivity index (χ3v) is 3.36. The van der Waals surface area contributed by atoms with Crippen molar-refractivity contribution < 1.29 is 0 Å². The van der Waals surface area contributed by atoms with E-state index in [1.165, 1.54) is 16.7 Å². The Labute approximate surface area is 98.4 Å². The summed E-state index contributed by atoms with van der Waals surface area (Å²) in [6.07, 6.45) is 4.46. The molecule has 86 valence electrons. The molecule has 1 aromatic rings. The van der Waals surface area contributed by atoms with Crippen molar-refractivity contribution in [1.29, 1.82) is 0 Å². The molecule has 0 fully saturated rings. The first kappa shape index (κ1) is 11.4. The second kappa shape index (κ2) is 4.06. The Balaban J connectivity index is 2.38. The topological polar surface area (TPSA) is 26.0 Å². The molecule has 2 N–H and O–H groups in total. The van der Waals surface area contributed by atoms with Gasteiger partial charge in [-0.05, 0) is 41.9 Å². The van der Waals surface area contributed by atoms with Crippen LogP contribution in [0.4, 0.5) is 0 Å². The maximum absolute atomic E-state index is 6.11. The van der Waals surface area contributed by atoms with Crippen molar-refractivity contribution in [3.8, 4) is 0 Å². The lowest BCUT2D eigenvalue weighted by Crippen LogP contribution is -2.30. The smallest absolute Gasteiger partial charge is 0.0234 e. The maximum Gasteiger partial charge on any atom is 0.0234 e. The van der Waals surface area contributed by atoms with Crippen LogP contribution in [0.2, 0.25) is 0 Å². The van der Waals surface area contributed by atoms with Gasteiger partial charge in [-0.2, -0.15) is 0 Å². The van der Waals surface area contributed by atoms with Crippen molar-refractivity contribution in [2.45, 2.75) is 39.7 Å². The van der Waals surface area contributed by atoms with Crippen LogP contribution >= 0.6 is 0 Å². The van der Waals surface area contributed by atoms with E-state index in [9.17, 15) is 0 Å². The van der Waals surface area contributed by atoms with Gasteiger partial charge in [0.1, 0.15) is 0 Å². The Morgan fingerprint density at radius 2 is 1.94 bits per heavy atom. The summed E-state index contributed by atoms with van der Waals surface area (Å²) in [7, 11) is 0. The van der Waals surface area contributed by atoms with Gasteiger partial charge in [0.25, 0.3) is 0 Å². The van der Waals surface area contributed by atoms with Gasteiger partial charge in [-0.25, -0.2) is 0 Å². The number of aryl methyl sites for hydroxylation is 1. The van der Waals surface area contributed by atoms with Gasteiger partial charge in [-0.1, -0.05) is 44.2 Å². The molecular weight excluding hydrogens is 194 g/mol. The second-order valence-corrected chi connectivity index (χ2v) is 5.72. The Morgan fingerprint density at radius 3 is 2.56 bits per heavy atom. The molecule has 1 atom stereocenters. The zero-order valence-electron chi connectivity index (χ0n) is 10.5. The van der Waals surface area contributed by atoms with E-state index in [0.29, 0.717) is 5.41 Å². The lowest BCUT2D eigenvalue weighted by atomic mass is 9.73. The van der Waals surface area contributed by atoms with Gasteiger partial charge in [-0.15, -0.1) is 0 Å². The molecule has 1 heteroatoms. The number of hydrogen-bond acceptors (Lipinski definition) is 1. The Kier molecular flexibility index (Phi) is 2.90. The fourth-order valence-corrected chi connectivity index (χ4v) is 2.72. The van der Waals surface area contributed by atoms with Crippen LogP contribution in [-0.4, -0.2) is 6.04 Å². The van der Waals surface area contributed by atoms with Gasteiger partial charge in [0.05, 0.1) is 0 Å². The molecule has 1 nitrogen and oxygen atoms in total. The van der Waals surface area contributed by atoms with E-state index in [0.717, 1.165) is 12.8 Å². The van der Waals surface area contributed by atoms with Crippen LogP contribution in [0.25, 0.3) is 5.57 Å². The molecule has 0 aromatic heterocycles. The van der Waals surface area contributed by atoms with Crippen LogP contribution in [0.5, 0.6) is 0 Å². The molecule has 0 radical (unpaired) electrons. The molecule has 2 rings (SSSR count). The zero-order valence-corrected chi connectivity index (χ0v) is 10.5. The van der Waals surface area contributed by atoms with Gasteiger partial charge in [-0.3, -0.25) is 0 Å². The summed E-state index contributed by atoms with van der Waals surface area (Å²) in [5.41, 5.74) is 10.6. The highest BCUT2D eigenvalue weighted by molar-refractivity contribution is 5.70. The highest BCUT2D eigenvalue weighted by Gasteiger charge is 2.27. The summed E-state index contributed by atoms with van der Waals surface area (Å²) in [4.78, 5) is 0. The highest BCUT2D eigenvalue weighted by Crippen LogP contribution is 2.39. The first-order chi connectivity index (χ1) is 7.48. The molecule has 0 spiro atoms. The van der Waals surface area contributed by atoms with E-state index in [1.54, 1.807) is 0 Å². The summed E-state index contributed by atoms with van der Waals surface area (Å²) in [6.45, 7) is 6.78. The fraction of sp³-hybridized carbons (Fsp3) is 0.467. The number of nitrogens with two attached hydrogens (primary N) is 1. The highest BCUT2D eigenvalue weighted by atomic mass is 14.6. The number of benzene rings is 1. The second-order valence-electron chi connectivity index (χ2n) is 5.72. The van der Waals surface area contributed by atoms with Crippen LogP contribution in [-0.2, 0) is 0 Å². The summed E-state index contributed by atoms with van der Waals surface area (Å²) >= 11 is 0. The standard InChI is InChI=1S/C15H21N/c1-11-6-4-5-7-14(11)12-8-13(16)10-15(2,3)9-12/h4-8,13H,9-10,16H2,1-3H3. The Hall–Kier alpha value is -1.08. The molecule has 1 aliphatic rings. The van der Waals surface area contributed by atoms with E-state index >= 15 is 0 Å². The molecule has 0 heterocycles. The molecular formula is C15H21N. The maximum atomic E-state index is 6.11. The lowest BCUT2D eigenvalue weighted by molar-refractivity contribution is 0.318. The molecule has 1 aliphatic carbocycles. The van der Waals surface area contributed by atoms with Crippen LogP contribution in [0.3, 0.4) is 0 Å². The molecule has 0 aliphatic heterocycles. The van der Waals surface area contributed by atoms with Crippen LogP contribution < -0.4 is 5.73 Å². The van der Waals surface area contributed by atoms with E-state index in [2.05, 4.69) is 51.1 Å². The predicted molar refractivity (Wildman–Crippen MR) is 70.1 cm³/mol. The predicted octanol–water partition coefficient (Wildman–Crippen LogP) is 3.53. The minimum atomic E-state index is 0.207. The quantitative estimate of drug-likeness (QED) is 0.762. The van der Waals surface area contributed by atoms with Crippen molar-refractivity contribution in [3.63, 3.8) is 0 Å². The Bertz CT molecular complexity index is 415. The monoisotopic (exact) mass is 215 g/mol. The first-order valence-corrected chi connectivity index (χ1v) is 6.00. The minimum Gasteiger partial charge on any atom is -0.324 e. The average molecular weight is 215 g/mol. The third-order valence-electron chi connectivity index (χ3n) is 3.36. The fourth-order valence-electron chi connectivity index (χ4n) is 2.72. The molecule has 0 bridgehead atoms. The van der Waals surface area contributed by atoms with Crippen molar-refractivity contribution in [3.05, 3.63) is 41.5 Å². The van der Waals surface area contributed by atoms with E-state index in [1.807, 2.05) is 0 Å². The molecule has 0 saturated carbocycles.